The summed E-state index contributed by atoms with van der Waals surface area (Å²) in [6.07, 6.45) is 1.86. The molecule has 0 bridgehead atoms. The molecule has 0 saturated carbocycles. The van der Waals surface area contributed by atoms with Crippen LogP contribution in [0.15, 0.2) is 10.9 Å². The van der Waals surface area contributed by atoms with Crippen LogP contribution < -0.4 is 10.9 Å². The Morgan fingerprint density at radius 2 is 2.05 bits per heavy atom. The Morgan fingerprint density at radius 3 is 2.68 bits per heavy atom. The summed E-state index contributed by atoms with van der Waals surface area (Å²) in [6, 6.07) is 1.61. The summed E-state index contributed by atoms with van der Waals surface area (Å²) in [5.74, 6) is 0.783. The van der Waals surface area contributed by atoms with Gasteiger partial charge in [0.05, 0.1) is 5.54 Å². The number of H-pyrrole nitrogens is 1. The fourth-order valence-electron chi connectivity index (χ4n) is 2.56. The zero-order chi connectivity index (χ0) is 13.9. The first-order valence-corrected chi connectivity index (χ1v) is 7.10. The van der Waals surface area contributed by atoms with Crippen molar-refractivity contribution in [1.82, 2.24) is 20.2 Å². The Labute approximate surface area is 114 Å². The maximum Gasteiger partial charge on any atom is 0.251 e. The maximum atomic E-state index is 11.8. The van der Waals surface area contributed by atoms with Crippen molar-refractivity contribution in [3.8, 4) is 0 Å². The predicted octanol–water partition coefficient (Wildman–Crippen LogP) is 0.863. The smallest absolute Gasteiger partial charge is 0.251 e. The number of hydrogen-bond donors (Lipinski definition) is 2. The molecule has 1 fully saturated rings. The van der Waals surface area contributed by atoms with Crippen LogP contribution in [0, 0.1) is 0 Å². The van der Waals surface area contributed by atoms with Crippen LogP contribution in [0.4, 0.5) is 0 Å². The van der Waals surface area contributed by atoms with Gasteiger partial charge in [-0.05, 0) is 20.3 Å². The van der Waals surface area contributed by atoms with E-state index in [1.54, 1.807) is 6.07 Å². The lowest BCUT2D eigenvalue weighted by Gasteiger charge is -2.40. The third kappa shape index (κ3) is 3.22. The number of nitrogens with one attached hydrogen (secondary N) is 2. The van der Waals surface area contributed by atoms with Crippen molar-refractivity contribution in [3.63, 3.8) is 0 Å². The summed E-state index contributed by atoms with van der Waals surface area (Å²) in [4.78, 5) is 21.7. The summed E-state index contributed by atoms with van der Waals surface area (Å²) >= 11 is 0. The van der Waals surface area contributed by atoms with Gasteiger partial charge in [-0.15, -0.1) is 0 Å². The Morgan fingerprint density at radius 1 is 1.37 bits per heavy atom. The van der Waals surface area contributed by atoms with Gasteiger partial charge in [0.25, 0.3) is 5.56 Å². The van der Waals surface area contributed by atoms with Crippen molar-refractivity contribution in [2.45, 2.75) is 39.2 Å². The molecule has 1 saturated heterocycles. The number of aryl methyl sites for hydroxylation is 1. The summed E-state index contributed by atoms with van der Waals surface area (Å²) in [5, 5.41) is 3.35. The van der Waals surface area contributed by atoms with Gasteiger partial charge in [-0.3, -0.25) is 9.69 Å². The summed E-state index contributed by atoms with van der Waals surface area (Å²) in [7, 11) is 0. The zero-order valence-corrected chi connectivity index (χ0v) is 12.1. The first-order valence-electron chi connectivity index (χ1n) is 7.10. The molecular weight excluding hydrogens is 240 g/mol. The molecule has 0 aromatic carbocycles. The topological polar surface area (TPSA) is 61.0 Å². The minimum absolute atomic E-state index is 0.0448. The van der Waals surface area contributed by atoms with Crippen molar-refractivity contribution >= 4 is 0 Å². The number of rotatable bonds is 4. The first kappa shape index (κ1) is 14.2. The van der Waals surface area contributed by atoms with Crippen molar-refractivity contribution in [2.24, 2.45) is 0 Å². The van der Waals surface area contributed by atoms with Gasteiger partial charge in [0.2, 0.25) is 0 Å². The highest BCUT2D eigenvalue weighted by Crippen LogP contribution is 2.24. The van der Waals surface area contributed by atoms with E-state index in [-0.39, 0.29) is 11.1 Å². The number of aromatic amines is 1. The van der Waals surface area contributed by atoms with Crippen LogP contribution in [0.1, 0.15) is 38.7 Å². The second-order valence-corrected chi connectivity index (χ2v) is 5.63. The van der Waals surface area contributed by atoms with E-state index < -0.39 is 0 Å². The number of hydrogen-bond acceptors (Lipinski definition) is 4. The lowest BCUT2D eigenvalue weighted by molar-refractivity contribution is 0.0943. The highest BCUT2D eigenvalue weighted by molar-refractivity contribution is 5.10. The predicted molar refractivity (Wildman–Crippen MR) is 76.3 cm³/mol. The summed E-state index contributed by atoms with van der Waals surface area (Å²) in [5.41, 5.74) is 0.617. The number of piperazine rings is 1. The average Bonchev–Trinajstić information content (AvgIpc) is 2.39. The zero-order valence-electron chi connectivity index (χ0n) is 12.1. The van der Waals surface area contributed by atoms with Crippen LogP contribution >= 0.6 is 0 Å². The quantitative estimate of drug-likeness (QED) is 0.847. The van der Waals surface area contributed by atoms with E-state index in [9.17, 15) is 4.79 Å². The second kappa shape index (κ2) is 5.84. The molecule has 1 aromatic rings. The molecule has 0 radical (unpaired) electrons. The molecule has 1 aromatic heterocycles. The van der Waals surface area contributed by atoms with E-state index in [0.717, 1.165) is 50.5 Å². The van der Waals surface area contributed by atoms with Gasteiger partial charge >= 0.3 is 0 Å². The number of aromatic nitrogens is 2. The fourth-order valence-corrected chi connectivity index (χ4v) is 2.56. The van der Waals surface area contributed by atoms with Gasteiger partial charge in [0.15, 0.2) is 0 Å². The van der Waals surface area contributed by atoms with Crippen molar-refractivity contribution < 1.29 is 0 Å². The van der Waals surface area contributed by atoms with Gasteiger partial charge in [0, 0.05) is 37.9 Å². The summed E-state index contributed by atoms with van der Waals surface area (Å²) in [6.45, 7) is 10.3. The molecule has 5 nitrogen and oxygen atoms in total. The molecule has 0 amide bonds. The van der Waals surface area contributed by atoms with Crippen LogP contribution in [0.3, 0.4) is 0 Å². The molecule has 1 aliphatic rings. The van der Waals surface area contributed by atoms with E-state index in [2.05, 4.69) is 41.0 Å². The molecule has 106 valence electrons. The Kier molecular flexibility index (Phi) is 4.37. The van der Waals surface area contributed by atoms with Crippen LogP contribution in [-0.2, 0) is 12.0 Å². The molecular formula is C14H24N4O. The lowest BCUT2D eigenvalue weighted by atomic mass is 10.00. The van der Waals surface area contributed by atoms with Crippen molar-refractivity contribution in [1.29, 1.82) is 0 Å². The van der Waals surface area contributed by atoms with Gasteiger partial charge < -0.3 is 10.3 Å². The van der Waals surface area contributed by atoms with Crippen LogP contribution in [0.5, 0.6) is 0 Å². The molecule has 2 heterocycles. The second-order valence-electron chi connectivity index (χ2n) is 5.63. The monoisotopic (exact) mass is 264 g/mol. The third-order valence-corrected chi connectivity index (χ3v) is 3.79. The van der Waals surface area contributed by atoms with Crippen LogP contribution in [0.25, 0.3) is 0 Å². The Balaban J connectivity index is 2.30. The highest BCUT2D eigenvalue weighted by atomic mass is 16.1. The van der Waals surface area contributed by atoms with E-state index in [4.69, 9.17) is 0 Å². The minimum atomic E-state index is -0.231. The van der Waals surface area contributed by atoms with Gasteiger partial charge in [-0.2, -0.15) is 0 Å². The van der Waals surface area contributed by atoms with E-state index in [1.807, 2.05) is 0 Å². The molecule has 2 N–H and O–H groups in total. The average molecular weight is 264 g/mol. The Hall–Kier alpha value is -1.20. The summed E-state index contributed by atoms with van der Waals surface area (Å²) < 4.78 is 0. The minimum Gasteiger partial charge on any atom is -0.314 e. The molecule has 1 aliphatic heterocycles. The molecule has 0 atom stereocenters. The van der Waals surface area contributed by atoms with E-state index >= 15 is 0 Å². The molecule has 0 aliphatic carbocycles. The Bertz CT molecular complexity index is 475. The highest BCUT2D eigenvalue weighted by Gasteiger charge is 2.32. The maximum absolute atomic E-state index is 11.8. The van der Waals surface area contributed by atoms with Crippen LogP contribution in [-0.4, -0.2) is 41.0 Å². The molecule has 19 heavy (non-hydrogen) atoms. The largest absolute Gasteiger partial charge is 0.314 e. The van der Waals surface area contributed by atoms with Crippen molar-refractivity contribution in [3.05, 3.63) is 27.9 Å². The lowest BCUT2D eigenvalue weighted by Crippen LogP contribution is -2.52. The third-order valence-electron chi connectivity index (χ3n) is 3.79. The normalized spacial score (nSPS) is 17.6. The molecule has 0 unspecified atom stereocenters. The van der Waals surface area contributed by atoms with Gasteiger partial charge in [0.1, 0.15) is 5.82 Å². The van der Waals surface area contributed by atoms with E-state index in [0.29, 0.717) is 0 Å². The molecule has 0 spiro atoms. The first-order chi connectivity index (χ1) is 9.04. The SMILES string of the molecule is CCCc1cc(=O)[nH]c(C(C)(C)N2CCNCC2)n1. The van der Waals surface area contributed by atoms with E-state index in [1.165, 1.54) is 0 Å². The van der Waals surface area contributed by atoms with Gasteiger partial charge in [-0.25, -0.2) is 4.98 Å². The number of nitrogens with zero attached hydrogens (tertiary/aromatic N) is 2. The van der Waals surface area contributed by atoms with Crippen molar-refractivity contribution in [2.75, 3.05) is 26.2 Å². The van der Waals surface area contributed by atoms with Crippen LogP contribution in [0.2, 0.25) is 0 Å². The molecule has 2 rings (SSSR count). The van der Waals surface area contributed by atoms with Gasteiger partial charge in [-0.1, -0.05) is 13.3 Å². The molecule has 5 heteroatoms. The standard InChI is InChI=1S/C14H24N4O/c1-4-5-11-10-12(19)17-13(16-11)14(2,3)18-8-6-15-7-9-18/h10,15H,4-9H2,1-3H3,(H,16,17,19). The fraction of sp³-hybridized carbons (Fsp3) is 0.714.